The summed E-state index contributed by atoms with van der Waals surface area (Å²) in [6, 6.07) is 4.98. The van der Waals surface area contributed by atoms with Crippen LogP contribution in [0.5, 0.6) is 0 Å². The van der Waals surface area contributed by atoms with Gasteiger partial charge < -0.3 is 15.2 Å². The van der Waals surface area contributed by atoms with Gasteiger partial charge in [0, 0.05) is 32.0 Å². The van der Waals surface area contributed by atoms with E-state index in [9.17, 15) is 9.18 Å². The number of carbonyl (C=O) groups is 1. The quantitative estimate of drug-likeness (QED) is 0.903. The smallest absolute Gasteiger partial charge is 0.223 e. The third-order valence-electron chi connectivity index (χ3n) is 4.58. The van der Waals surface area contributed by atoms with Crippen molar-refractivity contribution in [2.45, 2.75) is 32.2 Å². The van der Waals surface area contributed by atoms with Crippen LogP contribution in [0.25, 0.3) is 11.0 Å². The maximum atomic E-state index is 13.3. The highest BCUT2D eigenvalue weighted by atomic mass is 19.1. The summed E-state index contributed by atoms with van der Waals surface area (Å²) in [6.45, 7) is 3.56. The summed E-state index contributed by atoms with van der Waals surface area (Å²) >= 11 is 0. The molecule has 124 valence electrons. The highest BCUT2D eigenvalue weighted by Crippen LogP contribution is 2.17. The van der Waals surface area contributed by atoms with Crippen molar-refractivity contribution in [1.29, 1.82) is 0 Å². The van der Waals surface area contributed by atoms with Gasteiger partial charge in [-0.3, -0.25) is 4.79 Å². The standard InChI is InChI=1S/C17H23FN4O/c1-11-9-12(5-7-19-11)17(23)20-8-6-16-21-14-4-3-13(18)10-15(14)22(16)2/h3-4,10-12,19H,5-9H2,1-2H3,(H,20,23)/t11-,12-/m0/s1. The molecule has 1 saturated heterocycles. The number of piperidine rings is 1. The molecule has 0 aliphatic carbocycles. The Morgan fingerprint density at radius 1 is 1.52 bits per heavy atom. The number of imidazole rings is 1. The first-order valence-electron chi connectivity index (χ1n) is 8.16. The van der Waals surface area contributed by atoms with Crippen LogP contribution in [-0.2, 0) is 18.3 Å². The van der Waals surface area contributed by atoms with Crippen molar-refractivity contribution >= 4 is 16.9 Å². The van der Waals surface area contributed by atoms with Gasteiger partial charge >= 0.3 is 0 Å². The Kier molecular flexibility index (Phi) is 4.61. The number of halogens is 1. The van der Waals surface area contributed by atoms with Crippen LogP contribution in [0, 0.1) is 11.7 Å². The molecule has 3 rings (SSSR count). The number of rotatable bonds is 4. The van der Waals surface area contributed by atoms with E-state index < -0.39 is 0 Å². The van der Waals surface area contributed by atoms with E-state index in [1.807, 2.05) is 11.6 Å². The molecule has 2 aromatic rings. The predicted molar refractivity (Wildman–Crippen MR) is 87.6 cm³/mol. The van der Waals surface area contributed by atoms with Crippen LogP contribution in [0.1, 0.15) is 25.6 Å². The lowest BCUT2D eigenvalue weighted by Crippen LogP contribution is -2.42. The lowest BCUT2D eigenvalue weighted by atomic mass is 9.92. The first-order valence-corrected chi connectivity index (χ1v) is 8.16. The van der Waals surface area contributed by atoms with Gasteiger partial charge in [0.15, 0.2) is 0 Å². The third kappa shape index (κ3) is 3.52. The molecule has 6 heteroatoms. The average molecular weight is 318 g/mol. The molecule has 0 radical (unpaired) electrons. The van der Waals surface area contributed by atoms with Crippen LogP contribution < -0.4 is 10.6 Å². The summed E-state index contributed by atoms with van der Waals surface area (Å²) in [7, 11) is 1.88. The molecule has 2 atom stereocenters. The Morgan fingerprint density at radius 3 is 3.13 bits per heavy atom. The monoisotopic (exact) mass is 318 g/mol. The van der Waals surface area contributed by atoms with E-state index in [0.29, 0.717) is 19.0 Å². The van der Waals surface area contributed by atoms with Crippen LogP contribution in [0.2, 0.25) is 0 Å². The van der Waals surface area contributed by atoms with Gasteiger partial charge in [-0.05, 0) is 44.5 Å². The molecule has 0 bridgehead atoms. The Morgan fingerprint density at radius 2 is 2.35 bits per heavy atom. The molecular weight excluding hydrogens is 295 g/mol. The molecule has 1 amide bonds. The number of aromatic nitrogens is 2. The van der Waals surface area contributed by atoms with E-state index in [0.717, 1.165) is 36.2 Å². The fourth-order valence-corrected chi connectivity index (χ4v) is 3.25. The summed E-state index contributed by atoms with van der Waals surface area (Å²) in [5, 5.41) is 6.36. The second kappa shape index (κ2) is 6.66. The zero-order valence-electron chi connectivity index (χ0n) is 13.6. The van der Waals surface area contributed by atoms with Gasteiger partial charge in [-0.25, -0.2) is 9.37 Å². The van der Waals surface area contributed by atoms with Crippen molar-refractivity contribution in [3.8, 4) is 0 Å². The molecule has 1 aromatic carbocycles. The summed E-state index contributed by atoms with van der Waals surface area (Å²) in [5.41, 5.74) is 1.56. The van der Waals surface area contributed by atoms with Crippen LogP contribution >= 0.6 is 0 Å². The summed E-state index contributed by atoms with van der Waals surface area (Å²) in [5.74, 6) is 0.814. The van der Waals surface area contributed by atoms with E-state index in [1.165, 1.54) is 12.1 Å². The summed E-state index contributed by atoms with van der Waals surface area (Å²) in [4.78, 5) is 16.7. The van der Waals surface area contributed by atoms with Crippen molar-refractivity contribution < 1.29 is 9.18 Å². The number of fused-ring (bicyclic) bond motifs is 1. The molecular formula is C17H23FN4O. The SMILES string of the molecule is C[C@H]1C[C@@H](C(=O)NCCc2nc3ccc(F)cc3n2C)CCN1. The molecule has 1 aliphatic rings. The molecule has 5 nitrogen and oxygen atoms in total. The Balaban J connectivity index is 1.58. The largest absolute Gasteiger partial charge is 0.355 e. The van der Waals surface area contributed by atoms with Gasteiger partial charge in [-0.1, -0.05) is 0 Å². The van der Waals surface area contributed by atoms with E-state index in [2.05, 4.69) is 22.5 Å². The average Bonchev–Trinajstić information content (AvgIpc) is 2.83. The topological polar surface area (TPSA) is 59.0 Å². The molecule has 23 heavy (non-hydrogen) atoms. The van der Waals surface area contributed by atoms with E-state index in [-0.39, 0.29) is 17.6 Å². The molecule has 0 unspecified atom stereocenters. The molecule has 1 fully saturated rings. The molecule has 1 aliphatic heterocycles. The van der Waals surface area contributed by atoms with Crippen molar-refractivity contribution in [3.05, 3.63) is 29.8 Å². The first kappa shape index (κ1) is 15.9. The van der Waals surface area contributed by atoms with E-state index in [1.54, 1.807) is 6.07 Å². The van der Waals surface area contributed by atoms with Gasteiger partial charge in [0.05, 0.1) is 11.0 Å². The van der Waals surface area contributed by atoms with Gasteiger partial charge in [0.25, 0.3) is 0 Å². The highest BCUT2D eigenvalue weighted by Gasteiger charge is 2.24. The Hall–Kier alpha value is -1.95. The number of carbonyl (C=O) groups excluding carboxylic acids is 1. The van der Waals surface area contributed by atoms with Crippen molar-refractivity contribution in [2.75, 3.05) is 13.1 Å². The maximum Gasteiger partial charge on any atom is 0.223 e. The minimum atomic E-state index is -0.264. The first-order chi connectivity index (χ1) is 11.0. The van der Waals surface area contributed by atoms with Crippen LogP contribution in [-0.4, -0.2) is 34.6 Å². The molecule has 2 heterocycles. The van der Waals surface area contributed by atoms with Crippen molar-refractivity contribution in [1.82, 2.24) is 20.2 Å². The summed E-state index contributed by atoms with van der Waals surface area (Å²) in [6.07, 6.45) is 2.41. The Labute approximate surface area is 135 Å². The molecule has 1 aromatic heterocycles. The van der Waals surface area contributed by atoms with Crippen LogP contribution in [0.4, 0.5) is 4.39 Å². The maximum absolute atomic E-state index is 13.3. The molecule has 0 saturated carbocycles. The molecule has 0 spiro atoms. The van der Waals surface area contributed by atoms with E-state index in [4.69, 9.17) is 0 Å². The van der Waals surface area contributed by atoms with Gasteiger partial charge in [0.1, 0.15) is 11.6 Å². The van der Waals surface area contributed by atoms with Crippen LogP contribution in [0.3, 0.4) is 0 Å². The number of amides is 1. The lowest BCUT2D eigenvalue weighted by molar-refractivity contribution is -0.126. The zero-order valence-corrected chi connectivity index (χ0v) is 13.6. The molecule has 2 N–H and O–H groups in total. The van der Waals surface area contributed by atoms with Crippen molar-refractivity contribution in [2.24, 2.45) is 13.0 Å². The fraction of sp³-hybridized carbons (Fsp3) is 0.529. The number of aryl methyl sites for hydroxylation is 1. The fourth-order valence-electron chi connectivity index (χ4n) is 3.25. The lowest BCUT2D eigenvalue weighted by Gasteiger charge is -2.27. The van der Waals surface area contributed by atoms with Gasteiger partial charge in [0.2, 0.25) is 5.91 Å². The minimum absolute atomic E-state index is 0.0980. The van der Waals surface area contributed by atoms with Crippen molar-refractivity contribution in [3.63, 3.8) is 0 Å². The number of hydrogen-bond acceptors (Lipinski definition) is 3. The second-order valence-electron chi connectivity index (χ2n) is 6.34. The number of nitrogens with one attached hydrogen (secondary N) is 2. The number of benzene rings is 1. The number of hydrogen-bond donors (Lipinski definition) is 2. The minimum Gasteiger partial charge on any atom is -0.355 e. The van der Waals surface area contributed by atoms with E-state index >= 15 is 0 Å². The normalized spacial score (nSPS) is 21.5. The number of nitrogens with zero attached hydrogens (tertiary/aromatic N) is 2. The Bertz CT molecular complexity index is 712. The predicted octanol–water partition coefficient (Wildman–Crippen LogP) is 1.76. The summed E-state index contributed by atoms with van der Waals surface area (Å²) < 4.78 is 15.2. The van der Waals surface area contributed by atoms with Gasteiger partial charge in [-0.15, -0.1) is 0 Å². The third-order valence-corrected chi connectivity index (χ3v) is 4.58. The van der Waals surface area contributed by atoms with Gasteiger partial charge in [-0.2, -0.15) is 0 Å². The second-order valence-corrected chi connectivity index (χ2v) is 6.34. The highest BCUT2D eigenvalue weighted by molar-refractivity contribution is 5.79. The zero-order chi connectivity index (χ0) is 16.4. The van der Waals surface area contributed by atoms with Crippen LogP contribution in [0.15, 0.2) is 18.2 Å².